The predicted octanol–water partition coefficient (Wildman–Crippen LogP) is 4.33. The number of carbonyl (C=O) groups is 2. The summed E-state index contributed by atoms with van der Waals surface area (Å²) in [7, 11) is -4.07. The van der Waals surface area contributed by atoms with Crippen molar-refractivity contribution in [2.75, 3.05) is 10.6 Å². The Labute approximate surface area is 201 Å². The highest BCUT2D eigenvalue weighted by molar-refractivity contribution is 7.89. The third-order valence-electron chi connectivity index (χ3n) is 4.81. The van der Waals surface area contributed by atoms with E-state index in [1.165, 1.54) is 44.2 Å². The van der Waals surface area contributed by atoms with Crippen molar-refractivity contribution in [1.29, 1.82) is 0 Å². The Bertz CT molecular complexity index is 1350. The number of primary sulfonamides is 1. The van der Waals surface area contributed by atoms with Crippen molar-refractivity contribution in [3.63, 3.8) is 0 Å². The molecule has 11 heteroatoms. The average molecular weight is 505 g/mol. The molecule has 178 valence electrons. The van der Waals surface area contributed by atoms with Gasteiger partial charge in [0.25, 0.3) is 0 Å². The first-order valence-corrected chi connectivity index (χ1v) is 11.9. The number of anilines is 2. The quantitative estimate of drug-likeness (QED) is 0.398. The lowest BCUT2D eigenvalue weighted by Crippen LogP contribution is -2.53. The Hall–Kier alpha value is -3.47. The molecule has 0 saturated heterocycles. The Kier molecular flexibility index (Phi) is 7.25. The highest BCUT2D eigenvalue weighted by atomic mass is 35.5. The Balaban J connectivity index is 1.73. The molecule has 3 aromatic rings. The largest absolute Gasteiger partial charge is 0.324 e. The molecule has 0 aliphatic heterocycles. The molecule has 0 heterocycles. The van der Waals surface area contributed by atoms with E-state index in [9.17, 15) is 22.4 Å². The lowest BCUT2D eigenvalue weighted by atomic mass is 10.0. The number of benzene rings is 3. The molecule has 0 fully saturated rings. The number of halogens is 2. The van der Waals surface area contributed by atoms with E-state index in [0.29, 0.717) is 10.7 Å². The van der Waals surface area contributed by atoms with Crippen LogP contribution in [0.15, 0.2) is 71.6 Å². The predicted molar refractivity (Wildman–Crippen MR) is 130 cm³/mol. The first kappa shape index (κ1) is 25.2. The van der Waals surface area contributed by atoms with E-state index >= 15 is 0 Å². The van der Waals surface area contributed by atoms with Crippen LogP contribution in [0.2, 0.25) is 5.02 Å². The number of hydrogen-bond acceptors (Lipinski definition) is 4. The number of carbonyl (C=O) groups excluding carboxylic acids is 2. The molecular weight excluding hydrogens is 483 g/mol. The number of nitrogens with two attached hydrogens (primary N) is 1. The van der Waals surface area contributed by atoms with Crippen molar-refractivity contribution >= 4 is 44.9 Å². The van der Waals surface area contributed by atoms with E-state index in [0.717, 1.165) is 6.07 Å². The zero-order valence-electron chi connectivity index (χ0n) is 18.2. The fourth-order valence-corrected chi connectivity index (χ4v) is 3.95. The Morgan fingerprint density at radius 2 is 1.53 bits per heavy atom. The van der Waals surface area contributed by atoms with Crippen molar-refractivity contribution < 1.29 is 22.4 Å². The average Bonchev–Trinajstić information content (AvgIpc) is 2.74. The molecule has 0 saturated carbocycles. The Morgan fingerprint density at radius 3 is 2.15 bits per heavy atom. The van der Waals surface area contributed by atoms with Crippen LogP contribution < -0.4 is 21.1 Å². The van der Waals surface area contributed by atoms with Gasteiger partial charge in [-0.25, -0.2) is 22.7 Å². The molecule has 0 unspecified atom stereocenters. The van der Waals surface area contributed by atoms with Crippen molar-refractivity contribution in [1.82, 2.24) is 5.32 Å². The number of amides is 3. The smallest absolute Gasteiger partial charge is 0.320 e. The summed E-state index contributed by atoms with van der Waals surface area (Å²) in [6, 6.07) is 15.4. The van der Waals surface area contributed by atoms with Crippen LogP contribution in [0.3, 0.4) is 0 Å². The summed E-state index contributed by atoms with van der Waals surface area (Å²) in [6.07, 6.45) is 0. The highest BCUT2D eigenvalue weighted by Gasteiger charge is 2.30. The third-order valence-corrected chi connectivity index (χ3v) is 6.03. The molecule has 0 spiro atoms. The van der Waals surface area contributed by atoms with Gasteiger partial charge in [0, 0.05) is 27.5 Å². The number of rotatable bonds is 6. The van der Waals surface area contributed by atoms with Crippen molar-refractivity contribution in [2.24, 2.45) is 5.14 Å². The summed E-state index contributed by atoms with van der Waals surface area (Å²) >= 11 is 5.82. The van der Waals surface area contributed by atoms with Gasteiger partial charge in [0.05, 0.1) is 4.90 Å². The first-order chi connectivity index (χ1) is 15.9. The van der Waals surface area contributed by atoms with Crippen molar-refractivity contribution in [3.05, 3.63) is 77.6 Å². The summed E-state index contributed by atoms with van der Waals surface area (Å²) in [5.74, 6) is -1.36. The summed E-state index contributed by atoms with van der Waals surface area (Å²) in [5, 5.41) is 13.4. The molecule has 0 aliphatic carbocycles. The van der Waals surface area contributed by atoms with E-state index in [-0.39, 0.29) is 21.7 Å². The maximum absolute atomic E-state index is 14.9. The monoisotopic (exact) mass is 504 g/mol. The molecule has 3 amide bonds. The van der Waals surface area contributed by atoms with Crippen LogP contribution in [-0.4, -0.2) is 25.9 Å². The van der Waals surface area contributed by atoms with Gasteiger partial charge in [-0.2, -0.15) is 0 Å². The van der Waals surface area contributed by atoms with Crippen LogP contribution in [0, 0.1) is 5.82 Å². The summed E-state index contributed by atoms with van der Waals surface area (Å²) in [4.78, 5) is 24.8. The van der Waals surface area contributed by atoms with Crippen LogP contribution in [0.4, 0.5) is 20.6 Å². The molecule has 5 N–H and O–H groups in total. The van der Waals surface area contributed by atoms with Gasteiger partial charge >= 0.3 is 6.03 Å². The number of urea groups is 1. The van der Waals surface area contributed by atoms with Gasteiger partial charge in [0.2, 0.25) is 15.9 Å². The minimum absolute atomic E-state index is 0.00218. The molecule has 3 rings (SSSR count). The fourth-order valence-electron chi connectivity index (χ4n) is 3.07. The highest BCUT2D eigenvalue weighted by Crippen LogP contribution is 2.30. The SMILES string of the molecule is CC(C)(NC(=O)Nc1ccc(Cl)cc1)C(=O)Nc1ccc(-c2ccccc2S(N)(=O)=O)c(F)c1. The van der Waals surface area contributed by atoms with Gasteiger partial charge in [0.1, 0.15) is 11.4 Å². The normalized spacial score (nSPS) is 11.6. The van der Waals surface area contributed by atoms with E-state index in [2.05, 4.69) is 16.0 Å². The van der Waals surface area contributed by atoms with Gasteiger partial charge in [-0.05, 0) is 62.4 Å². The van der Waals surface area contributed by atoms with Gasteiger partial charge in [-0.15, -0.1) is 0 Å². The van der Waals surface area contributed by atoms with Gasteiger partial charge in [-0.1, -0.05) is 29.8 Å². The first-order valence-electron chi connectivity index (χ1n) is 9.95. The second-order valence-electron chi connectivity index (χ2n) is 7.90. The second kappa shape index (κ2) is 9.80. The van der Waals surface area contributed by atoms with E-state index in [1.54, 1.807) is 30.3 Å². The minimum atomic E-state index is -4.07. The second-order valence-corrected chi connectivity index (χ2v) is 9.87. The minimum Gasteiger partial charge on any atom is -0.324 e. The molecule has 8 nitrogen and oxygen atoms in total. The molecule has 0 aliphatic rings. The van der Waals surface area contributed by atoms with Crippen LogP contribution in [-0.2, 0) is 14.8 Å². The topological polar surface area (TPSA) is 130 Å². The zero-order valence-corrected chi connectivity index (χ0v) is 19.8. The Morgan fingerprint density at radius 1 is 0.912 bits per heavy atom. The molecular formula is C23H22ClFN4O4S. The maximum Gasteiger partial charge on any atom is 0.320 e. The summed E-state index contributed by atoms with van der Waals surface area (Å²) in [6.45, 7) is 2.97. The fraction of sp³-hybridized carbons (Fsp3) is 0.130. The standard InChI is InChI=1S/C23H22ClFN4O4S/c1-23(2,29-22(31)28-15-9-7-14(24)8-10-15)21(30)27-16-11-12-17(19(25)13-16)18-5-3-4-6-20(18)34(26,32)33/h3-13H,1-2H3,(H,27,30)(H2,26,32,33)(H2,28,29,31). The number of hydrogen-bond donors (Lipinski definition) is 4. The van der Waals surface area contributed by atoms with Crippen LogP contribution in [0.5, 0.6) is 0 Å². The van der Waals surface area contributed by atoms with Crippen LogP contribution in [0.1, 0.15) is 13.8 Å². The molecule has 34 heavy (non-hydrogen) atoms. The summed E-state index contributed by atoms with van der Waals surface area (Å²) in [5.41, 5.74) is -0.655. The van der Waals surface area contributed by atoms with Crippen molar-refractivity contribution in [2.45, 2.75) is 24.3 Å². The molecule has 0 bridgehead atoms. The van der Waals surface area contributed by atoms with Crippen molar-refractivity contribution in [3.8, 4) is 11.1 Å². The molecule has 0 aromatic heterocycles. The lowest BCUT2D eigenvalue weighted by Gasteiger charge is -2.25. The molecule has 0 radical (unpaired) electrons. The lowest BCUT2D eigenvalue weighted by molar-refractivity contribution is -0.120. The van der Waals surface area contributed by atoms with E-state index in [4.69, 9.17) is 16.7 Å². The number of nitrogens with one attached hydrogen (secondary N) is 3. The maximum atomic E-state index is 14.9. The summed E-state index contributed by atoms with van der Waals surface area (Å²) < 4.78 is 38.5. The molecule has 3 aromatic carbocycles. The third kappa shape index (κ3) is 6.10. The van der Waals surface area contributed by atoms with E-state index < -0.39 is 33.3 Å². The molecule has 0 atom stereocenters. The zero-order chi connectivity index (χ0) is 25.1. The number of sulfonamides is 1. The van der Waals surface area contributed by atoms with Gasteiger partial charge in [-0.3, -0.25) is 4.79 Å². The van der Waals surface area contributed by atoms with Crippen LogP contribution >= 0.6 is 11.6 Å². The van der Waals surface area contributed by atoms with Gasteiger partial charge in [0.15, 0.2) is 0 Å². The van der Waals surface area contributed by atoms with E-state index in [1.807, 2.05) is 0 Å². The van der Waals surface area contributed by atoms with Gasteiger partial charge < -0.3 is 16.0 Å². The van der Waals surface area contributed by atoms with Crippen LogP contribution in [0.25, 0.3) is 11.1 Å².